The maximum Gasteiger partial charge on any atom is 0.303 e. The molecule has 0 amide bonds. The van der Waals surface area contributed by atoms with Crippen molar-refractivity contribution in [3.8, 4) is 0 Å². The predicted molar refractivity (Wildman–Crippen MR) is 127 cm³/mol. The maximum absolute atomic E-state index is 11.5. The molecule has 0 saturated carbocycles. The number of ether oxygens (including phenoxy) is 2. The summed E-state index contributed by atoms with van der Waals surface area (Å²) >= 11 is 0. The lowest BCUT2D eigenvalue weighted by atomic mass is 10.0. The lowest BCUT2D eigenvalue weighted by molar-refractivity contribution is -0.155. The molecule has 1 atom stereocenters. The molecular formula is C26H26NO3P. The highest BCUT2D eigenvalue weighted by Gasteiger charge is 2.38. The smallest absolute Gasteiger partial charge is 0.303 e. The molecule has 0 bridgehead atoms. The molecule has 0 aliphatic carbocycles. The number of benzene rings is 3. The van der Waals surface area contributed by atoms with Crippen molar-refractivity contribution in [1.29, 1.82) is 0 Å². The van der Waals surface area contributed by atoms with Crippen molar-refractivity contribution in [3.63, 3.8) is 0 Å². The fourth-order valence-electron chi connectivity index (χ4n) is 3.75. The van der Waals surface area contributed by atoms with E-state index in [1.807, 2.05) is 32.0 Å². The Balaban J connectivity index is 1.77. The van der Waals surface area contributed by atoms with Gasteiger partial charge in [-0.3, -0.25) is 4.79 Å². The Kier molecular flexibility index (Phi) is 6.20. The zero-order valence-corrected chi connectivity index (χ0v) is 18.9. The summed E-state index contributed by atoms with van der Waals surface area (Å²) in [6.07, 6.45) is 0. The first-order chi connectivity index (χ1) is 15.0. The predicted octanol–water partition coefficient (Wildman–Crippen LogP) is 3.93. The number of aliphatic imine (C=N–C) groups is 1. The molecule has 1 heterocycles. The van der Waals surface area contributed by atoms with Gasteiger partial charge in [-0.25, -0.2) is 4.99 Å². The molecule has 3 aromatic rings. The van der Waals surface area contributed by atoms with E-state index >= 15 is 0 Å². The van der Waals surface area contributed by atoms with E-state index in [2.05, 4.69) is 66.7 Å². The van der Waals surface area contributed by atoms with Crippen LogP contribution in [0.1, 0.15) is 26.3 Å². The van der Waals surface area contributed by atoms with Crippen molar-refractivity contribution in [3.05, 3.63) is 90.5 Å². The molecule has 158 valence electrons. The molecular weight excluding hydrogens is 405 g/mol. The third-order valence-electron chi connectivity index (χ3n) is 5.26. The van der Waals surface area contributed by atoms with Crippen LogP contribution in [0.2, 0.25) is 0 Å². The van der Waals surface area contributed by atoms with E-state index in [4.69, 9.17) is 14.5 Å². The molecule has 0 fully saturated rings. The molecule has 4 rings (SSSR count). The Bertz CT molecular complexity index is 1040. The fraction of sp³-hybridized carbons (Fsp3) is 0.231. The zero-order chi connectivity index (χ0) is 21.8. The quantitative estimate of drug-likeness (QED) is 0.439. The number of nitrogens with zero attached hydrogens (tertiary/aromatic N) is 1. The molecule has 1 aliphatic heterocycles. The van der Waals surface area contributed by atoms with Gasteiger partial charge in [0.05, 0.1) is 0 Å². The second-order valence-electron chi connectivity index (χ2n) is 7.98. The Hall–Kier alpha value is -2.97. The van der Waals surface area contributed by atoms with E-state index in [0.29, 0.717) is 12.5 Å². The Morgan fingerprint density at radius 3 is 2.06 bits per heavy atom. The summed E-state index contributed by atoms with van der Waals surface area (Å²) in [6.45, 7) is 5.56. The van der Waals surface area contributed by atoms with Crippen LogP contribution < -0.4 is 15.9 Å². The van der Waals surface area contributed by atoms with Gasteiger partial charge in [0.1, 0.15) is 18.2 Å². The highest BCUT2D eigenvalue weighted by Crippen LogP contribution is 2.35. The summed E-state index contributed by atoms with van der Waals surface area (Å²) in [4.78, 5) is 16.4. The topological polar surface area (TPSA) is 47.9 Å². The van der Waals surface area contributed by atoms with Crippen LogP contribution in [0, 0.1) is 0 Å². The minimum Gasteiger partial charge on any atom is -0.475 e. The van der Waals surface area contributed by atoms with E-state index in [9.17, 15) is 4.79 Å². The molecule has 5 heteroatoms. The largest absolute Gasteiger partial charge is 0.475 e. The van der Waals surface area contributed by atoms with E-state index in [0.717, 1.165) is 5.56 Å². The van der Waals surface area contributed by atoms with Crippen molar-refractivity contribution < 1.29 is 14.3 Å². The van der Waals surface area contributed by atoms with Gasteiger partial charge in [-0.15, -0.1) is 0 Å². The SMILES string of the molecule is CC(=O)OC(C)(C)[C@@H]1COC(c2ccccc2P(c2ccccc2)c2ccccc2)=N1. The third kappa shape index (κ3) is 4.70. The van der Waals surface area contributed by atoms with Gasteiger partial charge in [0, 0.05) is 12.5 Å². The van der Waals surface area contributed by atoms with Crippen LogP contribution >= 0.6 is 7.92 Å². The van der Waals surface area contributed by atoms with E-state index < -0.39 is 13.5 Å². The van der Waals surface area contributed by atoms with Crippen molar-refractivity contribution in [1.82, 2.24) is 0 Å². The maximum atomic E-state index is 11.5. The molecule has 0 aromatic heterocycles. The van der Waals surface area contributed by atoms with Crippen LogP contribution in [-0.2, 0) is 14.3 Å². The molecule has 0 radical (unpaired) electrons. The highest BCUT2D eigenvalue weighted by atomic mass is 31.1. The van der Waals surface area contributed by atoms with Crippen molar-refractivity contribution >= 4 is 35.7 Å². The number of esters is 1. The van der Waals surface area contributed by atoms with Gasteiger partial charge >= 0.3 is 5.97 Å². The first-order valence-corrected chi connectivity index (χ1v) is 11.7. The van der Waals surface area contributed by atoms with Gasteiger partial charge in [0.15, 0.2) is 0 Å². The van der Waals surface area contributed by atoms with Crippen molar-refractivity contribution in [2.45, 2.75) is 32.4 Å². The van der Waals surface area contributed by atoms with Crippen LogP contribution in [0.15, 0.2) is 89.9 Å². The van der Waals surface area contributed by atoms with Gasteiger partial charge in [-0.1, -0.05) is 78.9 Å². The van der Waals surface area contributed by atoms with Gasteiger partial charge in [-0.2, -0.15) is 0 Å². The number of hydrogen-bond donors (Lipinski definition) is 0. The van der Waals surface area contributed by atoms with Crippen LogP contribution in [-0.4, -0.2) is 30.1 Å². The Labute approximate surface area is 184 Å². The fourth-order valence-corrected chi connectivity index (χ4v) is 6.19. The van der Waals surface area contributed by atoms with E-state index in [1.54, 1.807) is 0 Å². The first-order valence-electron chi connectivity index (χ1n) is 10.4. The Morgan fingerprint density at radius 2 is 1.48 bits per heavy atom. The number of rotatable bonds is 6. The number of carbonyl (C=O) groups excluding carboxylic acids is 1. The van der Waals surface area contributed by atoms with Crippen molar-refractivity contribution in [2.24, 2.45) is 4.99 Å². The summed E-state index contributed by atoms with van der Waals surface area (Å²) < 4.78 is 11.6. The van der Waals surface area contributed by atoms with Crippen LogP contribution in [0.25, 0.3) is 0 Å². The average molecular weight is 431 g/mol. The molecule has 0 spiro atoms. The van der Waals surface area contributed by atoms with Crippen LogP contribution in [0.3, 0.4) is 0 Å². The lowest BCUT2D eigenvalue weighted by Crippen LogP contribution is -2.40. The summed E-state index contributed by atoms with van der Waals surface area (Å²) in [7, 11) is -0.785. The second-order valence-corrected chi connectivity index (χ2v) is 10.2. The standard InChI is InChI=1S/C26H26NO3P/c1-19(28)30-26(2,3)24-18-29-25(27-24)22-16-10-11-17-23(22)31(20-12-6-4-7-13-20)21-14-8-5-9-15-21/h4-17,24H,18H2,1-3H3/t24-/m0/s1. The average Bonchev–Trinajstić information content (AvgIpc) is 3.26. The first kappa shape index (κ1) is 21.3. The van der Waals surface area contributed by atoms with Crippen molar-refractivity contribution in [2.75, 3.05) is 6.61 Å². The minimum atomic E-state index is -0.785. The van der Waals surface area contributed by atoms with Crippen LogP contribution in [0.5, 0.6) is 0 Å². The highest BCUT2D eigenvalue weighted by molar-refractivity contribution is 7.80. The molecule has 31 heavy (non-hydrogen) atoms. The molecule has 1 aliphatic rings. The van der Waals surface area contributed by atoms with Gasteiger partial charge < -0.3 is 9.47 Å². The molecule has 0 unspecified atom stereocenters. The molecule has 3 aromatic carbocycles. The van der Waals surface area contributed by atoms with Gasteiger partial charge in [0.2, 0.25) is 5.90 Å². The Morgan fingerprint density at radius 1 is 0.935 bits per heavy atom. The summed E-state index contributed by atoms with van der Waals surface area (Å²) in [5.74, 6) is 0.297. The van der Waals surface area contributed by atoms with Crippen LogP contribution in [0.4, 0.5) is 0 Å². The van der Waals surface area contributed by atoms with Gasteiger partial charge in [0.25, 0.3) is 0 Å². The summed E-state index contributed by atoms with van der Waals surface area (Å²) in [5, 5.41) is 3.73. The number of hydrogen-bond acceptors (Lipinski definition) is 4. The molecule has 4 nitrogen and oxygen atoms in total. The summed E-state index contributed by atoms with van der Waals surface area (Å²) in [5.41, 5.74) is 0.258. The van der Waals surface area contributed by atoms with E-state index in [1.165, 1.54) is 22.8 Å². The second kappa shape index (κ2) is 9.03. The summed E-state index contributed by atoms with van der Waals surface area (Å²) in [6, 6.07) is 29.2. The molecule has 0 saturated heterocycles. The monoisotopic (exact) mass is 431 g/mol. The normalized spacial score (nSPS) is 16.0. The minimum absolute atomic E-state index is 0.251. The molecule has 0 N–H and O–H groups in total. The van der Waals surface area contributed by atoms with E-state index in [-0.39, 0.29) is 12.0 Å². The lowest BCUT2D eigenvalue weighted by Gasteiger charge is -2.27. The van der Waals surface area contributed by atoms with Gasteiger partial charge in [-0.05, 0) is 43.7 Å². The number of carbonyl (C=O) groups is 1. The third-order valence-corrected chi connectivity index (χ3v) is 7.77. The zero-order valence-electron chi connectivity index (χ0n) is 18.0.